The van der Waals surface area contributed by atoms with Crippen LogP contribution in [0, 0.1) is 29.4 Å². The molecule has 2 fully saturated rings. The number of benzene rings is 1. The van der Waals surface area contributed by atoms with E-state index in [2.05, 4.69) is 6.92 Å². The number of ether oxygens (including phenoxy) is 3. The third kappa shape index (κ3) is 7.06. The van der Waals surface area contributed by atoms with Gasteiger partial charge in [0.2, 0.25) is 11.6 Å². The van der Waals surface area contributed by atoms with Crippen molar-refractivity contribution in [3.05, 3.63) is 23.8 Å². The van der Waals surface area contributed by atoms with E-state index in [1.54, 1.807) is 0 Å². The molecule has 176 valence electrons. The molecule has 3 rings (SSSR count). The van der Waals surface area contributed by atoms with E-state index in [4.69, 9.17) is 14.2 Å². The number of hydrogen-bond donors (Lipinski definition) is 0. The van der Waals surface area contributed by atoms with Crippen LogP contribution in [-0.4, -0.2) is 25.9 Å². The van der Waals surface area contributed by atoms with E-state index in [-0.39, 0.29) is 17.4 Å². The molecule has 1 aliphatic heterocycles. The Morgan fingerprint density at radius 1 is 0.839 bits per heavy atom. The Labute approximate surface area is 186 Å². The first-order valence-electron chi connectivity index (χ1n) is 12.5. The molecule has 0 N–H and O–H groups in total. The maximum Gasteiger partial charge on any atom is 0.204 e. The van der Waals surface area contributed by atoms with Crippen LogP contribution >= 0.6 is 0 Å². The highest BCUT2D eigenvalue weighted by atomic mass is 19.2. The van der Waals surface area contributed by atoms with Gasteiger partial charge in [-0.05, 0) is 56.1 Å². The van der Waals surface area contributed by atoms with Crippen LogP contribution in [0.1, 0.15) is 84.5 Å². The molecule has 0 radical (unpaired) electrons. The summed E-state index contributed by atoms with van der Waals surface area (Å²) in [6.45, 7) is 5.54. The van der Waals surface area contributed by atoms with Crippen LogP contribution in [-0.2, 0) is 4.74 Å². The predicted octanol–water partition coefficient (Wildman–Crippen LogP) is 7.31. The van der Waals surface area contributed by atoms with Gasteiger partial charge in [-0.15, -0.1) is 0 Å². The molecule has 0 amide bonds. The second kappa shape index (κ2) is 12.6. The highest BCUT2D eigenvalue weighted by molar-refractivity contribution is 5.35. The van der Waals surface area contributed by atoms with Crippen LogP contribution in [0.3, 0.4) is 0 Å². The first-order valence-corrected chi connectivity index (χ1v) is 12.5. The van der Waals surface area contributed by atoms with Gasteiger partial charge in [-0.25, -0.2) is 0 Å². The number of unbranched alkanes of at least 4 members (excludes halogenated alkanes) is 2. The van der Waals surface area contributed by atoms with Gasteiger partial charge in [0, 0.05) is 5.92 Å². The smallest absolute Gasteiger partial charge is 0.204 e. The van der Waals surface area contributed by atoms with E-state index >= 15 is 0 Å². The second-order valence-electron chi connectivity index (χ2n) is 9.44. The molecule has 2 atom stereocenters. The maximum atomic E-state index is 14.3. The summed E-state index contributed by atoms with van der Waals surface area (Å²) in [7, 11) is 0. The van der Waals surface area contributed by atoms with Crippen molar-refractivity contribution in [3.8, 4) is 11.5 Å². The number of halogens is 2. The van der Waals surface area contributed by atoms with Crippen LogP contribution in [0.4, 0.5) is 8.78 Å². The Balaban J connectivity index is 1.38. The average Bonchev–Trinajstić information content (AvgIpc) is 2.80. The van der Waals surface area contributed by atoms with Crippen molar-refractivity contribution in [3.63, 3.8) is 0 Å². The SMILES string of the molecule is CCCCCC1CCC(C2CCC(COc3ccc(OCCC)c(F)c3F)CO2)CC1. The van der Waals surface area contributed by atoms with Gasteiger partial charge < -0.3 is 14.2 Å². The van der Waals surface area contributed by atoms with E-state index in [1.165, 1.54) is 63.5 Å². The lowest BCUT2D eigenvalue weighted by molar-refractivity contribution is -0.0656. The largest absolute Gasteiger partial charge is 0.490 e. The van der Waals surface area contributed by atoms with E-state index in [0.717, 1.165) is 25.2 Å². The summed E-state index contributed by atoms with van der Waals surface area (Å²) in [5, 5.41) is 0. The summed E-state index contributed by atoms with van der Waals surface area (Å²) in [6, 6.07) is 2.89. The highest BCUT2D eigenvalue weighted by Gasteiger charge is 2.32. The molecule has 1 saturated carbocycles. The molecule has 3 nitrogen and oxygen atoms in total. The molecule has 0 bridgehead atoms. The van der Waals surface area contributed by atoms with Crippen LogP contribution < -0.4 is 9.47 Å². The standard InChI is InChI=1S/C26H40F2O3/c1-3-5-6-7-19-8-11-21(12-9-19)22-13-10-20(17-30-22)18-31-24-15-14-23(29-16-4-2)25(27)26(24)28/h14-15,19-22H,3-13,16-18H2,1-2H3. The molecule has 1 saturated heterocycles. The van der Waals surface area contributed by atoms with E-state index in [0.29, 0.717) is 31.8 Å². The van der Waals surface area contributed by atoms with Gasteiger partial charge in [0.05, 0.1) is 25.9 Å². The molecule has 31 heavy (non-hydrogen) atoms. The molecule has 1 aromatic rings. The second-order valence-corrected chi connectivity index (χ2v) is 9.44. The number of rotatable bonds is 11. The van der Waals surface area contributed by atoms with E-state index in [1.807, 2.05) is 6.92 Å². The highest BCUT2D eigenvalue weighted by Crippen LogP contribution is 2.38. The minimum Gasteiger partial charge on any atom is -0.490 e. The van der Waals surface area contributed by atoms with Gasteiger partial charge in [-0.1, -0.05) is 52.4 Å². The molecular formula is C26H40F2O3. The van der Waals surface area contributed by atoms with Crippen LogP contribution in [0.15, 0.2) is 12.1 Å². The van der Waals surface area contributed by atoms with Crippen molar-refractivity contribution in [2.45, 2.75) is 90.6 Å². The summed E-state index contributed by atoms with van der Waals surface area (Å²) in [4.78, 5) is 0. The summed E-state index contributed by atoms with van der Waals surface area (Å²) in [6.07, 6.45) is 13.9. The van der Waals surface area contributed by atoms with E-state index < -0.39 is 11.6 Å². The first kappa shape index (κ1) is 24.3. The topological polar surface area (TPSA) is 27.7 Å². The molecule has 0 spiro atoms. The third-order valence-corrected chi connectivity index (χ3v) is 6.99. The lowest BCUT2D eigenvalue weighted by Gasteiger charge is -2.37. The normalized spacial score (nSPS) is 26.6. The minimum atomic E-state index is -0.976. The first-order chi connectivity index (χ1) is 15.1. The van der Waals surface area contributed by atoms with Crippen molar-refractivity contribution in [2.75, 3.05) is 19.8 Å². The quantitative estimate of drug-likeness (QED) is 0.339. The molecule has 2 unspecified atom stereocenters. The van der Waals surface area contributed by atoms with Gasteiger partial charge in [0.15, 0.2) is 11.5 Å². The number of hydrogen-bond acceptors (Lipinski definition) is 3. The summed E-state index contributed by atoms with van der Waals surface area (Å²) in [5.41, 5.74) is 0. The molecule has 5 heteroatoms. The average molecular weight is 439 g/mol. The molecule has 1 heterocycles. The van der Waals surface area contributed by atoms with Crippen molar-refractivity contribution >= 4 is 0 Å². The summed E-state index contributed by atoms with van der Waals surface area (Å²) >= 11 is 0. The maximum absolute atomic E-state index is 14.3. The van der Waals surface area contributed by atoms with Crippen molar-refractivity contribution < 1.29 is 23.0 Å². The van der Waals surface area contributed by atoms with Gasteiger partial charge in [-0.3, -0.25) is 0 Å². The molecule has 1 aliphatic carbocycles. The molecule has 2 aliphatic rings. The fraction of sp³-hybridized carbons (Fsp3) is 0.769. The zero-order chi connectivity index (χ0) is 22.1. The van der Waals surface area contributed by atoms with Gasteiger partial charge in [-0.2, -0.15) is 8.78 Å². The lowest BCUT2D eigenvalue weighted by atomic mass is 9.76. The Hall–Kier alpha value is -1.36. The Morgan fingerprint density at radius 2 is 1.52 bits per heavy atom. The van der Waals surface area contributed by atoms with Crippen LogP contribution in [0.2, 0.25) is 0 Å². The zero-order valence-corrected chi connectivity index (χ0v) is 19.3. The van der Waals surface area contributed by atoms with Gasteiger partial charge >= 0.3 is 0 Å². The summed E-state index contributed by atoms with van der Waals surface area (Å²) in [5.74, 6) is -0.233. The van der Waals surface area contributed by atoms with Crippen molar-refractivity contribution in [1.29, 1.82) is 0 Å². The Bertz CT molecular complexity index is 650. The van der Waals surface area contributed by atoms with Crippen LogP contribution in [0.5, 0.6) is 11.5 Å². The van der Waals surface area contributed by atoms with Crippen molar-refractivity contribution in [2.24, 2.45) is 17.8 Å². The van der Waals surface area contributed by atoms with Crippen molar-refractivity contribution in [1.82, 2.24) is 0 Å². The fourth-order valence-electron chi connectivity index (χ4n) is 5.02. The monoisotopic (exact) mass is 438 g/mol. The minimum absolute atomic E-state index is 0.0510. The summed E-state index contributed by atoms with van der Waals surface area (Å²) < 4.78 is 45.4. The fourth-order valence-corrected chi connectivity index (χ4v) is 5.02. The molecule has 0 aromatic heterocycles. The predicted molar refractivity (Wildman–Crippen MR) is 120 cm³/mol. The van der Waals surface area contributed by atoms with Crippen LogP contribution in [0.25, 0.3) is 0 Å². The van der Waals surface area contributed by atoms with E-state index in [9.17, 15) is 8.78 Å². The Morgan fingerprint density at radius 3 is 2.13 bits per heavy atom. The Kier molecular flexibility index (Phi) is 9.89. The van der Waals surface area contributed by atoms with Gasteiger partial charge in [0.1, 0.15) is 0 Å². The zero-order valence-electron chi connectivity index (χ0n) is 19.3. The molecular weight excluding hydrogens is 398 g/mol. The van der Waals surface area contributed by atoms with Gasteiger partial charge in [0.25, 0.3) is 0 Å². The molecule has 1 aromatic carbocycles. The lowest BCUT2D eigenvalue weighted by Crippen LogP contribution is -2.35. The third-order valence-electron chi connectivity index (χ3n) is 6.99.